The van der Waals surface area contributed by atoms with Gasteiger partial charge < -0.3 is 5.32 Å². The summed E-state index contributed by atoms with van der Waals surface area (Å²) in [4.78, 5) is -0.0666. The maximum Gasteiger partial charge on any atom is 0.441 e. The van der Waals surface area contributed by atoms with Crippen molar-refractivity contribution in [1.82, 2.24) is 5.32 Å². The maximum absolute atomic E-state index is 11.3. The molecule has 0 saturated heterocycles. The summed E-state index contributed by atoms with van der Waals surface area (Å²) in [6.45, 7) is 2.23. The molecular weight excluding hydrogens is 315 g/mol. The maximum atomic E-state index is 11.3. The van der Waals surface area contributed by atoms with Gasteiger partial charge in [-0.25, -0.2) is 0 Å². The highest BCUT2D eigenvalue weighted by atomic mass is 32.2. The first-order chi connectivity index (χ1) is 9.06. The molecule has 20 heavy (non-hydrogen) atoms. The van der Waals surface area contributed by atoms with E-state index in [0.717, 1.165) is 5.56 Å². The molecule has 0 aliphatic carbocycles. The lowest BCUT2D eigenvalue weighted by molar-refractivity contribution is -0.0327. The van der Waals surface area contributed by atoms with Crippen LogP contribution >= 0.6 is 11.8 Å². The number of rotatable bonds is 4. The molecule has 0 spiro atoms. The van der Waals surface area contributed by atoms with Gasteiger partial charge in [-0.05, 0) is 37.9 Å². The van der Waals surface area contributed by atoms with Gasteiger partial charge in [0.2, 0.25) is 0 Å². The van der Waals surface area contributed by atoms with Gasteiger partial charge in [-0.2, -0.15) is 21.6 Å². The van der Waals surface area contributed by atoms with E-state index in [-0.39, 0.29) is 22.4 Å². The summed E-state index contributed by atoms with van der Waals surface area (Å²) in [5, 5.41) is 2.62. The molecule has 0 radical (unpaired) electrons. The number of benzene rings is 1. The Morgan fingerprint density at radius 1 is 1.25 bits per heavy atom. The predicted octanol–water partition coefficient (Wildman–Crippen LogP) is 2.70. The summed E-state index contributed by atoms with van der Waals surface area (Å²) in [5.41, 5.74) is -3.12. The average Bonchev–Trinajstić information content (AvgIpc) is 2.28. The Bertz CT molecular complexity index is 487. The summed E-state index contributed by atoms with van der Waals surface area (Å²) in [5.74, 6) is 0.0833. The number of aryl methyl sites for hydroxylation is 1. The molecule has 2 N–H and O–H groups in total. The minimum Gasteiger partial charge on any atom is -0.319 e. The molecule has 0 unspecified atom stereocenters. The summed E-state index contributed by atoms with van der Waals surface area (Å²) in [6.07, 6.45) is 0. The van der Waals surface area contributed by atoms with Gasteiger partial charge in [0.05, 0.1) is 4.90 Å². The second kappa shape index (κ2) is 8.50. The first kappa shape index (κ1) is 19.2. The third-order valence-electron chi connectivity index (χ3n) is 1.94. The van der Waals surface area contributed by atoms with Crippen molar-refractivity contribution >= 4 is 21.9 Å². The number of alkyl halides is 3. The van der Waals surface area contributed by atoms with Crippen LogP contribution in [0.2, 0.25) is 0 Å². The van der Waals surface area contributed by atoms with Crippen molar-refractivity contribution in [2.75, 3.05) is 19.3 Å². The lowest BCUT2D eigenvalue weighted by atomic mass is 10.2. The Morgan fingerprint density at radius 2 is 1.75 bits per heavy atom. The molecule has 0 atom stereocenters. The van der Waals surface area contributed by atoms with E-state index in [0.29, 0.717) is 6.54 Å². The molecule has 0 fully saturated rings. The SMILES string of the molecule is CNCCSC(F)(F)F.Cc1ccc(S(=O)(=O)O)cc1. The summed E-state index contributed by atoms with van der Waals surface area (Å²) < 4.78 is 63.5. The van der Waals surface area contributed by atoms with Crippen LogP contribution in [-0.4, -0.2) is 37.8 Å². The number of thioether (sulfide) groups is 1. The number of hydrogen-bond acceptors (Lipinski definition) is 4. The van der Waals surface area contributed by atoms with Crippen molar-refractivity contribution < 1.29 is 26.1 Å². The topological polar surface area (TPSA) is 66.4 Å². The Morgan fingerprint density at radius 3 is 2.10 bits per heavy atom. The van der Waals surface area contributed by atoms with Gasteiger partial charge >= 0.3 is 5.51 Å². The molecular formula is C11H16F3NO3S2. The fourth-order valence-electron chi connectivity index (χ4n) is 0.979. The molecule has 0 aliphatic rings. The molecule has 0 saturated carbocycles. The van der Waals surface area contributed by atoms with Gasteiger partial charge in [-0.1, -0.05) is 17.7 Å². The molecule has 0 aliphatic heterocycles. The standard InChI is InChI=1S/C7H8O3S.C4H8F3NS/c1-6-2-4-7(5-3-6)11(8,9)10;1-8-2-3-9-4(5,6)7/h2-5H,1H3,(H,8,9,10);8H,2-3H2,1H3. The van der Waals surface area contributed by atoms with Gasteiger partial charge in [0.25, 0.3) is 10.1 Å². The van der Waals surface area contributed by atoms with Crippen molar-refractivity contribution in [3.8, 4) is 0 Å². The normalized spacial score (nSPS) is 11.7. The fourth-order valence-corrected chi connectivity index (χ4v) is 2.00. The van der Waals surface area contributed by atoms with Gasteiger partial charge in [-0.15, -0.1) is 0 Å². The summed E-state index contributed by atoms with van der Waals surface area (Å²) in [7, 11) is -2.40. The van der Waals surface area contributed by atoms with Gasteiger partial charge in [0.1, 0.15) is 0 Å². The molecule has 0 heterocycles. The van der Waals surface area contributed by atoms with Crippen LogP contribution in [0.4, 0.5) is 13.2 Å². The van der Waals surface area contributed by atoms with Crippen molar-refractivity contribution in [3.05, 3.63) is 29.8 Å². The largest absolute Gasteiger partial charge is 0.441 e. The van der Waals surface area contributed by atoms with Crippen molar-refractivity contribution in [3.63, 3.8) is 0 Å². The highest BCUT2D eigenvalue weighted by molar-refractivity contribution is 8.00. The third kappa shape index (κ3) is 10.1. The Labute approximate surface area is 120 Å². The lowest BCUT2D eigenvalue weighted by Gasteiger charge is -2.03. The molecule has 116 valence electrons. The van der Waals surface area contributed by atoms with E-state index < -0.39 is 15.6 Å². The molecule has 0 bridgehead atoms. The van der Waals surface area contributed by atoms with Crippen molar-refractivity contribution in [2.45, 2.75) is 17.3 Å². The Hall–Kier alpha value is -0.770. The molecule has 1 aromatic carbocycles. The second-order valence-corrected chi connectivity index (χ2v) is 6.27. The van der Waals surface area contributed by atoms with E-state index >= 15 is 0 Å². The first-order valence-electron chi connectivity index (χ1n) is 5.45. The van der Waals surface area contributed by atoms with Gasteiger partial charge in [-0.3, -0.25) is 4.55 Å². The lowest BCUT2D eigenvalue weighted by Crippen LogP contribution is -2.13. The van der Waals surface area contributed by atoms with E-state index in [2.05, 4.69) is 5.32 Å². The van der Waals surface area contributed by atoms with Crippen LogP contribution in [0.3, 0.4) is 0 Å². The van der Waals surface area contributed by atoms with E-state index in [9.17, 15) is 21.6 Å². The van der Waals surface area contributed by atoms with Crippen LogP contribution in [-0.2, 0) is 10.1 Å². The van der Waals surface area contributed by atoms with Crippen molar-refractivity contribution in [1.29, 1.82) is 0 Å². The van der Waals surface area contributed by atoms with E-state index in [4.69, 9.17) is 4.55 Å². The van der Waals surface area contributed by atoms with Crippen LogP contribution in [0.5, 0.6) is 0 Å². The third-order valence-corrected chi connectivity index (χ3v) is 3.54. The van der Waals surface area contributed by atoms with Crippen LogP contribution in [0, 0.1) is 6.92 Å². The number of hydrogen-bond donors (Lipinski definition) is 2. The quantitative estimate of drug-likeness (QED) is 0.656. The highest BCUT2D eigenvalue weighted by Crippen LogP contribution is 2.29. The summed E-state index contributed by atoms with van der Waals surface area (Å²) >= 11 is -0.00435. The number of nitrogens with one attached hydrogen (secondary N) is 1. The van der Waals surface area contributed by atoms with E-state index in [1.54, 1.807) is 19.2 Å². The minimum absolute atomic E-state index is 0.00435. The molecule has 0 aromatic heterocycles. The fraction of sp³-hybridized carbons (Fsp3) is 0.455. The zero-order valence-corrected chi connectivity index (χ0v) is 12.6. The Balaban J connectivity index is 0.000000370. The van der Waals surface area contributed by atoms with Crippen molar-refractivity contribution in [2.24, 2.45) is 0 Å². The van der Waals surface area contributed by atoms with E-state index in [1.165, 1.54) is 12.1 Å². The van der Waals surface area contributed by atoms with Crippen LogP contribution < -0.4 is 5.32 Å². The Kier molecular flexibility index (Phi) is 8.17. The molecule has 9 heteroatoms. The summed E-state index contributed by atoms with van der Waals surface area (Å²) in [6, 6.07) is 5.99. The molecule has 0 amide bonds. The van der Waals surface area contributed by atoms with Crippen LogP contribution in [0.25, 0.3) is 0 Å². The first-order valence-corrected chi connectivity index (χ1v) is 7.88. The zero-order valence-electron chi connectivity index (χ0n) is 10.9. The average molecular weight is 331 g/mol. The molecule has 1 aromatic rings. The van der Waals surface area contributed by atoms with Crippen LogP contribution in [0.15, 0.2) is 29.2 Å². The zero-order chi connectivity index (χ0) is 15.8. The minimum atomic E-state index is -4.07. The molecule has 4 nitrogen and oxygen atoms in total. The second-order valence-electron chi connectivity index (χ2n) is 3.69. The number of halogens is 3. The van der Waals surface area contributed by atoms with Gasteiger partial charge in [0.15, 0.2) is 0 Å². The van der Waals surface area contributed by atoms with Gasteiger partial charge in [0, 0.05) is 12.3 Å². The van der Waals surface area contributed by atoms with Crippen LogP contribution in [0.1, 0.15) is 5.56 Å². The highest BCUT2D eigenvalue weighted by Gasteiger charge is 2.26. The predicted molar refractivity (Wildman–Crippen MR) is 73.4 cm³/mol. The monoisotopic (exact) mass is 331 g/mol. The van der Waals surface area contributed by atoms with E-state index in [1.807, 2.05) is 6.92 Å². The smallest absolute Gasteiger partial charge is 0.319 e. The molecule has 1 rings (SSSR count).